The second kappa shape index (κ2) is 11.3. The molecule has 0 aliphatic heterocycles. The maximum absolute atomic E-state index is 13.6. The van der Waals surface area contributed by atoms with Crippen LogP contribution in [0.5, 0.6) is 5.75 Å². The maximum atomic E-state index is 13.6. The SMILES string of the molecule is COc1ccc(N=Cc2ccc(CN(Cc3ccc(Cl)cc3Cl)S(=O)(=O)c3ccc(C)cc3)o2)cc1. The lowest BCUT2D eigenvalue weighted by molar-refractivity contribution is 0.357. The smallest absolute Gasteiger partial charge is 0.243 e. The molecule has 6 nitrogen and oxygen atoms in total. The zero-order valence-corrected chi connectivity index (χ0v) is 22.0. The highest BCUT2D eigenvalue weighted by atomic mass is 35.5. The van der Waals surface area contributed by atoms with Crippen LogP contribution in [-0.4, -0.2) is 26.0 Å². The third-order valence-electron chi connectivity index (χ3n) is 5.45. The van der Waals surface area contributed by atoms with Crippen LogP contribution in [0.3, 0.4) is 0 Å². The van der Waals surface area contributed by atoms with Crippen LogP contribution < -0.4 is 4.74 Å². The summed E-state index contributed by atoms with van der Waals surface area (Å²) in [6.45, 7) is 1.95. The van der Waals surface area contributed by atoms with E-state index in [0.29, 0.717) is 27.1 Å². The van der Waals surface area contributed by atoms with Crippen molar-refractivity contribution in [3.63, 3.8) is 0 Å². The van der Waals surface area contributed by atoms with E-state index in [1.54, 1.807) is 67.9 Å². The lowest BCUT2D eigenvalue weighted by Gasteiger charge is -2.22. The van der Waals surface area contributed by atoms with E-state index in [1.165, 1.54) is 4.31 Å². The van der Waals surface area contributed by atoms with Crippen LogP contribution in [0.1, 0.15) is 22.6 Å². The number of furan rings is 1. The van der Waals surface area contributed by atoms with E-state index in [9.17, 15) is 8.42 Å². The summed E-state index contributed by atoms with van der Waals surface area (Å²) in [7, 11) is -2.25. The average molecular weight is 543 g/mol. The lowest BCUT2D eigenvalue weighted by atomic mass is 10.2. The number of methoxy groups -OCH3 is 1. The molecule has 0 N–H and O–H groups in total. The molecule has 3 aromatic carbocycles. The van der Waals surface area contributed by atoms with Gasteiger partial charge >= 0.3 is 0 Å². The number of rotatable bonds is 9. The number of benzene rings is 3. The number of aryl methyl sites for hydroxylation is 1. The summed E-state index contributed by atoms with van der Waals surface area (Å²) in [4.78, 5) is 4.59. The third-order valence-corrected chi connectivity index (χ3v) is 7.84. The minimum atomic E-state index is -3.86. The fourth-order valence-corrected chi connectivity index (χ4v) is 5.31. The minimum absolute atomic E-state index is 0.00550. The van der Waals surface area contributed by atoms with Crippen molar-refractivity contribution in [2.24, 2.45) is 4.99 Å². The summed E-state index contributed by atoms with van der Waals surface area (Å²) in [6.07, 6.45) is 1.58. The summed E-state index contributed by atoms with van der Waals surface area (Å²) in [5, 5.41) is 0.863. The molecule has 0 atom stereocenters. The highest BCUT2D eigenvalue weighted by Crippen LogP contribution is 2.27. The molecule has 0 aliphatic rings. The molecule has 0 bridgehead atoms. The first-order valence-corrected chi connectivity index (χ1v) is 13.2. The molecule has 36 heavy (non-hydrogen) atoms. The first-order valence-electron chi connectivity index (χ1n) is 11.0. The van der Waals surface area contributed by atoms with Gasteiger partial charge in [0.1, 0.15) is 17.3 Å². The van der Waals surface area contributed by atoms with E-state index in [4.69, 9.17) is 32.4 Å². The summed E-state index contributed by atoms with van der Waals surface area (Å²) in [5.41, 5.74) is 2.33. The van der Waals surface area contributed by atoms with Gasteiger partial charge in [-0.05, 0) is 73.2 Å². The van der Waals surface area contributed by atoms with Crippen LogP contribution in [0, 0.1) is 6.92 Å². The first kappa shape index (κ1) is 26.0. The monoisotopic (exact) mass is 542 g/mol. The number of ether oxygens (including phenoxy) is 1. The number of hydrogen-bond acceptors (Lipinski definition) is 5. The molecule has 0 amide bonds. The molecule has 9 heteroatoms. The summed E-state index contributed by atoms with van der Waals surface area (Å²) in [6, 6.07) is 22.5. The van der Waals surface area contributed by atoms with E-state index in [2.05, 4.69) is 4.99 Å². The fraction of sp³-hybridized carbons (Fsp3) is 0.148. The predicted molar refractivity (Wildman–Crippen MR) is 143 cm³/mol. The first-order chi connectivity index (χ1) is 17.2. The normalized spacial score (nSPS) is 11.9. The zero-order valence-electron chi connectivity index (χ0n) is 19.7. The highest BCUT2D eigenvalue weighted by Gasteiger charge is 2.26. The molecular formula is C27H24Cl2N2O4S. The van der Waals surface area contributed by atoms with Crippen LogP contribution in [0.15, 0.2) is 93.2 Å². The Labute approximate surface area is 220 Å². The van der Waals surface area contributed by atoms with Gasteiger partial charge in [-0.2, -0.15) is 4.31 Å². The van der Waals surface area contributed by atoms with Gasteiger partial charge in [-0.3, -0.25) is 4.99 Å². The summed E-state index contributed by atoms with van der Waals surface area (Å²) >= 11 is 12.4. The largest absolute Gasteiger partial charge is 0.497 e. The van der Waals surface area contributed by atoms with Crippen molar-refractivity contribution in [2.45, 2.75) is 24.9 Å². The van der Waals surface area contributed by atoms with Gasteiger partial charge in [-0.1, -0.05) is 47.0 Å². The number of aliphatic imine (C=N–C) groups is 1. The number of sulfonamides is 1. The van der Waals surface area contributed by atoms with Gasteiger partial charge in [0, 0.05) is 16.6 Å². The summed E-state index contributed by atoms with van der Waals surface area (Å²) in [5.74, 6) is 1.70. The molecular weight excluding hydrogens is 519 g/mol. The second-order valence-electron chi connectivity index (χ2n) is 8.08. The van der Waals surface area contributed by atoms with E-state index < -0.39 is 10.0 Å². The van der Waals surface area contributed by atoms with Gasteiger partial charge in [0.25, 0.3) is 0 Å². The topological polar surface area (TPSA) is 72.1 Å². The van der Waals surface area contributed by atoms with E-state index in [1.807, 2.05) is 31.2 Å². The van der Waals surface area contributed by atoms with Crippen molar-refractivity contribution in [3.05, 3.63) is 112 Å². The van der Waals surface area contributed by atoms with Gasteiger partial charge < -0.3 is 9.15 Å². The Balaban J connectivity index is 1.59. The molecule has 1 aromatic heterocycles. The molecule has 0 fully saturated rings. The standard InChI is InChI=1S/C27H24Cl2N2O4S/c1-19-3-13-26(14-4-19)36(32,33)31(17-20-5-6-21(28)15-27(20)29)18-25-12-11-24(35-25)16-30-22-7-9-23(34-2)10-8-22/h3-16H,17-18H2,1-2H3. The van der Waals surface area contributed by atoms with Crippen molar-refractivity contribution in [1.82, 2.24) is 4.31 Å². The average Bonchev–Trinajstić information content (AvgIpc) is 3.32. The van der Waals surface area contributed by atoms with Crippen molar-refractivity contribution < 1.29 is 17.6 Å². The van der Waals surface area contributed by atoms with Gasteiger partial charge in [-0.25, -0.2) is 8.42 Å². The Kier molecular flexibility index (Phi) is 8.16. The Hall–Kier alpha value is -3.10. The third kappa shape index (κ3) is 6.36. The quantitative estimate of drug-likeness (QED) is 0.212. The fourth-order valence-electron chi connectivity index (χ4n) is 3.45. The Morgan fingerprint density at radius 2 is 1.67 bits per heavy atom. The molecule has 1 heterocycles. The Bertz CT molecular complexity index is 1460. The Morgan fingerprint density at radius 1 is 0.944 bits per heavy atom. The second-order valence-corrected chi connectivity index (χ2v) is 10.9. The predicted octanol–water partition coefficient (Wildman–Crippen LogP) is 7.05. The van der Waals surface area contributed by atoms with Gasteiger partial charge in [0.05, 0.1) is 30.5 Å². The van der Waals surface area contributed by atoms with Gasteiger partial charge in [-0.15, -0.1) is 0 Å². The van der Waals surface area contributed by atoms with Gasteiger partial charge in [0.2, 0.25) is 10.0 Å². The lowest BCUT2D eigenvalue weighted by Crippen LogP contribution is -2.30. The number of halogens is 2. The molecule has 186 valence electrons. The van der Waals surface area contributed by atoms with Crippen LogP contribution >= 0.6 is 23.2 Å². The van der Waals surface area contributed by atoms with E-state index in [0.717, 1.165) is 17.0 Å². The molecule has 0 saturated heterocycles. The van der Waals surface area contributed by atoms with Crippen molar-refractivity contribution in [2.75, 3.05) is 7.11 Å². The molecule has 0 aliphatic carbocycles. The minimum Gasteiger partial charge on any atom is -0.497 e. The molecule has 0 radical (unpaired) electrons. The van der Waals surface area contributed by atoms with Crippen LogP contribution in [-0.2, 0) is 23.1 Å². The molecule has 0 unspecified atom stereocenters. The van der Waals surface area contributed by atoms with Crippen molar-refractivity contribution in [1.29, 1.82) is 0 Å². The zero-order chi connectivity index (χ0) is 25.7. The van der Waals surface area contributed by atoms with Crippen molar-refractivity contribution >= 4 is 45.1 Å². The van der Waals surface area contributed by atoms with Crippen LogP contribution in [0.4, 0.5) is 5.69 Å². The molecule has 0 spiro atoms. The number of nitrogens with zero attached hydrogens (tertiary/aromatic N) is 2. The highest BCUT2D eigenvalue weighted by molar-refractivity contribution is 7.89. The summed E-state index contributed by atoms with van der Waals surface area (Å²) < 4.78 is 39.5. The van der Waals surface area contributed by atoms with Gasteiger partial charge in [0.15, 0.2) is 0 Å². The van der Waals surface area contributed by atoms with E-state index in [-0.39, 0.29) is 18.0 Å². The van der Waals surface area contributed by atoms with E-state index >= 15 is 0 Å². The Morgan fingerprint density at radius 3 is 2.33 bits per heavy atom. The molecule has 4 aromatic rings. The molecule has 4 rings (SSSR count). The number of hydrogen-bond donors (Lipinski definition) is 0. The van der Waals surface area contributed by atoms with Crippen LogP contribution in [0.2, 0.25) is 10.0 Å². The molecule has 0 saturated carbocycles. The van der Waals surface area contributed by atoms with Crippen LogP contribution in [0.25, 0.3) is 0 Å². The van der Waals surface area contributed by atoms with Crippen molar-refractivity contribution in [3.8, 4) is 5.75 Å². The maximum Gasteiger partial charge on any atom is 0.243 e.